The van der Waals surface area contributed by atoms with Gasteiger partial charge in [-0.15, -0.1) is 0 Å². The summed E-state index contributed by atoms with van der Waals surface area (Å²) in [5, 5.41) is 0. The van der Waals surface area contributed by atoms with E-state index in [9.17, 15) is 0 Å². The van der Waals surface area contributed by atoms with Crippen molar-refractivity contribution in [3.05, 3.63) is 23.8 Å². The molecule has 1 aromatic rings. The van der Waals surface area contributed by atoms with Crippen LogP contribution in [0.5, 0.6) is 5.75 Å². The largest absolute Gasteiger partial charge is 0.496 e. The Morgan fingerprint density at radius 3 is 2.68 bits per heavy atom. The second kappa shape index (κ2) is 5.80. The molecule has 19 heavy (non-hydrogen) atoms. The molecular formula is C15H25N3O. The molecule has 0 saturated carbocycles. The van der Waals surface area contributed by atoms with Crippen LogP contribution >= 0.6 is 0 Å². The Morgan fingerprint density at radius 1 is 1.37 bits per heavy atom. The van der Waals surface area contributed by atoms with Crippen molar-refractivity contribution in [3.8, 4) is 5.75 Å². The quantitative estimate of drug-likeness (QED) is 0.904. The van der Waals surface area contributed by atoms with Crippen LogP contribution in [0, 0.1) is 0 Å². The Hall–Kier alpha value is -1.26. The molecule has 1 heterocycles. The van der Waals surface area contributed by atoms with Gasteiger partial charge >= 0.3 is 0 Å². The summed E-state index contributed by atoms with van der Waals surface area (Å²) in [6, 6.07) is 6.71. The van der Waals surface area contributed by atoms with Crippen molar-refractivity contribution in [2.45, 2.75) is 25.9 Å². The van der Waals surface area contributed by atoms with Crippen molar-refractivity contribution in [3.63, 3.8) is 0 Å². The monoisotopic (exact) mass is 263 g/mol. The maximum Gasteiger partial charge on any atom is 0.125 e. The van der Waals surface area contributed by atoms with Gasteiger partial charge in [0.1, 0.15) is 5.75 Å². The maximum atomic E-state index is 6.14. The highest BCUT2D eigenvalue weighted by molar-refractivity contribution is 5.61. The first-order valence-corrected chi connectivity index (χ1v) is 6.92. The number of nitrogens with two attached hydrogens (primary N) is 1. The number of likely N-dealkylation sites (N-methyl/N-ethyl adjacent to an activating group) is 1. The number of anilines is 1. The first-order chi connectivity index (χ1) is 9.04. The summed E-state index contributed by atoms with van der Waals surface area (Å²) >= 11 is 0. The molecule has 1 fully saturated rings. The van der Waals surface area contributed by atoms with Crippen molar-refractivity contribution >= 4 is 5.69 Å². The molecule has 2 unspecified atom stereocenters. The first kappa shape index (κ1) is 14.2. The number of piperazine rings is 1. The fourth-order valence-electron chi connectivity index (χ4n) is 2.71. The minimum atomic E-state index is -0.0267. The van der Waals surface area contributed by atoms with Crippen molar-refractivity contribution in [1.29, 1.82) is 0 Å². The van der Waals surface area contributed by atoms with Gasteiger partial charge in [-0.25, -0.2) is 0 Å². The second-order valence-corrected chi connectivity index (χ2v) is 5.46. The molecular weight excluding hydrogens is 238 g/mol. The lowest BCUT2D eigenvalue weighted by molar-refractivity contribution is 0.234. The molecule has 4 heteroatoms. The molecule has 0 bridgehead atoms. The van der Waals surface area contributed by atoms with E-state index in [2.05, 4.69) is 29.8 Å². The highest BCUT2D eigenvalue weighted by atomic mass is 16.5. The molecule has 2 N–H and O–H groups in total. The zero-order valence-electron chi connectivity index (χ0n) is 12.4. The molecule has 0 aliphatic carbocycles. The minimum Gasteiger partial charge on any atom is -0.496 e. The van der Waals surface area contributed by atoms with Gasteiger partial charge in [-0.2, -0.15) is 0 Å². The summed E-state index contributed by atoms with van der Waals surface area (Å²) in [5.41, 5.74) is 8.47. The Morgan fingerprint density at radius 2 is 2.11 bits per heavy atom. The molecule has 106 valence electrons. The number of rotatable bonds is 3. The summed E-state index contributed by atoms with van der Waals surface area (Å²) in [7, 11) is 3.89. The van der Waals surface area contributed by atoms with E-state index in [1.54, 1.807) is 7.11 Å². The first-order valence-electron chi connectivity index (χ1n) is 6.92. The zero-order chi connectivity index (χ0) is 14.0. The number of hydrogen-bond donors (Lipinski definition) is 1. The molecule has 2 atom stereocenters. The van der Waals surface area contributed by atoms with Gasteiger partial charge in [0, 0.05) is 43.0 Å². The summed E-state index contributed by atoms with van der Waals surface area (Å²) in [4.78, 5) is 4.81. The minimum absolute atomic E-state index is 0.0267. The van der Waals surface area contributed by atoms with Gasteiger partial charge in [0.2, 0.25) is 0 Å². The number of nitrogens with zero attached hydrogens (tertiary/aromatic N) is 2. The van der Waals surface area contributed by atoms with E-state index in [0.717, 1.165) is 30.9 Å². The fourth-order valence-corrected chi connectivity index (χ4v) is 2.71. The van der Waals surface area contributed by atoms with Gasteiger partial charge in [0.25, 0.3) is 0 Å². The fraction of sp³-hybridized carbons (Fsp3) is 0.600. The number of ether oxygens (including phenoxy) is 1. The van der Waals surface area contributed by atoms with Gasteiger partial charge in [-0.3, -0.25) is 0 Å². The molecule has 0 spiro atoms. The molecule has 1 saturated heterocycles. The lowest BCUT2D eigenvalue weighted by Crippen LogP contribution is -2.50. The third-order valence-electron chi connectivity index (χ3n) is 4.02. The van der Waals surface area contributed by atoms with E-state index in [1.165, 1.54) is 5.69 Å². The molecule has 0 radical (unpaired) electrons. The van der Waals surface area contributed by atoms with Gasteiger partial charge in [-0.05, 0) is 33.0 Å². The molecule has 0 aromatic heterocycles. The van der Waals surface area contributed by atoms with Crippen molar-refractivity contribution < 1.29 is 4.74 Å². The van der Waals surface area contributed by atoms with Crippen LogP contribution in [0.15, 0.2) is 18.2 Å². The van der Waals surface area contributed by atoms with Crippen LogP contribution in [0.2, 0.25) is 0 Å². The average molecular weight is 263 g/mol. The highest BCUT2D eigenvalue weighted by Crippen LogP contribution is 2.34. The molecule has 0 amide bonds. The van der Waals surface area contributed by atoms with E-state index in [1.807, 2.05) is 19.1 Å². The summed E-state index contributed by atoms with van der Waals surface area (Å²) in [5.74, 6) is 0.888. The third kappa shape index (κ3) is 2.85. The van der Waals surface area contributed by atoms with Crippen molar-refractivity contribution in [2.24, 2.45) is 5.73 Å². The van der Waals surface area contributed by atoms with Gasteiger partial charge in [0.15, 0.2) is 0 Å². The predicted molar refractivity (Wildman–Crippen MR) is 79.9 cm³/mol. The Kier molecular flexibility index (Phi) is 4.32. The highest BCUT2D eigenvalue weighted by Gasteiger charge is 2.24. The van der Waals surface area contributed by atoms with Crippen LogP contribution in [0.4, 0.5) is 5.69 Å². The van der Waals surface area contributed by atoms with Gasteiger partial charge in [0.05, 0.1) is 7.11 Å². The Balaban J connectivity index is 2.34. The van der Waals surface area contributed by atoms with E-state index >= 15 is 0 Å². The Labute approximate surface area is 116 Å². The molecule has 4 nitrogen and oxygen atoms in total. The van der Waals surface area contributed by atoms with Crippen LogP contribution in [0.25, 0.3) is 0 Å². The summed E-state index contributed by atoms with van der Waals surface area (Å²) in [6.45, 7) is 7.42. The average Bonchev–Trinajstić information content (AvgIpc) is 2.40. The number of methoxy groups -OCH3 is 1. The van der Waals surface area contributed by atoms with Gasteiger partial charge < -0.3 is 20.3 Å². The zero-order valence-corrected chi connectivity index (χ0v) is 12.4. The molecule has 2 rings (SSSR count). The van der Waals surface area contributed by atoms with E-state index in [0.29, 0.717) is 6.04 Å². The third-order valence-corrected chi connectivity index (χ3v) is 4.02. The normalized spacial score (nSPS) is 22.4. The van der Waals surface area contributed by atoms with E-state index < -0.39 is 0 Å². The van der Waals surface area contributed by atoms with Crippen LogP contribution in [-0.4, -0.2) is 44.7 Å². The smallest absolute Gasteiger partial charge is 0.125 e. The number of hydrogen-bond acceptors (Lipinski definition) is 4. The van der Waals surface area contributed by atoms with Crippen molar-refractivity contribution in [2.75, 3.05) is 38.7 Å². The SMILES string of the molecule is COc1cccc(N2CCN(C)C(C)C2)c1C(C)N. The van der Waals surface area contributed by atoms with Crippen LogP contribution in [-0.2, 0) is 0 Å². The van der Waals surface area contributed by atoms with Crippen molar-refractivity contribution in [1.82, 2.24) is 4.90 Å². The lowest BCUT2D eigenvalue weighted by atomic mass is 10.0. The maximum absolute atomic E-state index is 6.14. The second-order valence-electron chi connectivity index (χ2n) is 5.46. The van der Waals surface area contributed by atoms with Gasteiger partial charge in [-0.1, -0.05) is 6.07 Å². The topological polar surface area (TPSA) is 41.7 Å². The van der Waals surface area contributed by atoms with E-state index in [-0.39, 0.29) is 6.04 Å². The molecule has 1 aliphatic rings. The van der Waals surface area contributed by atoms with Crippen LogP contribution in [0.3, 0.4) is 0 Å². The molecule has 1 aromatic carbocycles. The summed E-state index contributed by atoms with van der Waals surface area (Å²) < 4.78 is 5.47. The standard InChI is InChI=1S/C15H25N3O/c1-11-10-18(9-8-17(11)3)13-6-5-7-14(19-4)15(13)12(2)16/h5-7,11-12H,8-10,16H2,1-4H3. The summed E-state index contributed by atoms with van der Waals surface area (Å²) in [6.07, 6.45) is 0. The Bertz CT molecular complexity index is 433. The number of benzene rings is 1. The van der Waals surface area contributed by atoms with Crippen LogP contribution < -0.4 is 15.4 Å². The predicted octanol–water partition coefficient (Wildman–Crippen LogP) is 1.86. The van der Waals surface area contributed by atoms with Crippen LogP contribution in [0.1, 0.15) is 25.5 Å². The van der Waals surface area contributed by atoms with E-state index in [4.69, 9.17) is 10.5 Å². The lowest BCUT2D eigenvalue weighted by Gasteiger charge is -2.40. The molecule has 1 aliphatic heterocycles.